The molecule has 1 rings (SSSR count). The van der Waals surface area contributed by atoms with E-state index in [-0.39, 0.29) is 5.91 Å². The van der Waals surface area contributed by atoms with Crippen LogP contribution in [0.2, 0.25) is 0 Å². The van der Waals surface area contributed by atoms with E-state index in [1.54, 1.807) is 13.2 Å². The topological polar surface area (TPSA) is 41.6 Å². The van der Waals surface area contributed by atoms with Gasteiger partial charge in [-0.05, 0) is 32.6 Å². The number of likely N-dealkylation sites (N-methyl/N-ethyl adjacent to an activating group) is 1. The molecular formula is C13H20N2O2. The van der Waals surface area contributed by atoms with Crippen molar-refractivity contribution in [1.82, 2.24) is 10.2 Å². The Morgan fingerprint density at radius 1 is 1.41 bits per heavy atom. The lowest BCUT2D eigenvalue weighted by Gasteiger charge is -2.13. The predicted octanol–water partition coefficient (Wildman–Crippen LogP) is 1.30. The van der Waals surface area contributed by atoms with Gasteiger partial charge in [0.25, 0.3) is 5.91 Å². The number of hydrogen-bond donors (Lipinski definition) is 1. The molecular weight excluding hydrogens is 216 g/mol. The molecule has 4 heteroatoms. The van der Waals surface area contributed by atoms with Gasteiger partial charge in [0, 0.05) is 13.1 Å². The van der Waals surface area contributed by atoms with Crippen LogP contribution in [-0.2, 0) is 0 Å². The maximum absolute atomic E-state index is 12.0. The third-order valence-corrected chi connectivity index (χ3v) is 2.53. The zero-order chi connectivity index (χ0) is 12.8. The second-order valence-corrected chi connectivity index (χ2v) is 4.21. The average Bonchev–Trinajstić information content (AvgIpc) is 2.27. The molecule has 0 atom stereocenters. The lowest BCUT2D eigenvalue weighted by Crippen LogP contribution is -2.31. The molecule has 1 aromatic carbocycles. The average molecular weight is 236 g/mol. The number of nitrogens with zero attached hydrogens (tertiary/aromatic N) is 1. The van der Waals surface area contributed by atoms with Gasteiger partial charge < -0.3 is 15.0 Å². The van der Waals surface area contributed by atoms with Gasteiger partial charge in [-0.2, -0.15) is 0 Å². The quantitative estimate of drug-likeness (QED) is 0.837. The summed E-state index contributed by atoms with van der Waals surface area (Å²) in [6.45, 7) is 3.35. The van der Waals surface area contributed by atoms with Crippen LogP contribution in [0, 0.1) is 6.92 Å². The van der Waals surface area contributed by atoms with Crippen LogP contribution in [0.25, 0.3) is 0 Å². The Bertz CT molecular complexity index is 389. The second-order valence-electron chi connectivity index (χ2n) is 4.21. The summed E-state index contributed by atoms with van der Waals surface area (Å²) in [4.78, 5) is 14.0. The molecule has 0 bridgehead atoms. The van der Waals surface area contributed by atoms with Crippen molar-refractivity contribution >= 4 is 5.91 Å². The summed E-state index contributed by atoms with van der Waals surface area (Å²) in [7, 11) is 5.52. The number of carbonyl (C=O) groups excluding carboxylic acids is 1. The molecule has 0 fully saturated rings. The number of methoxy groups -OCH3 is 1. The van der Waals surface area contributed by atoms with Crippen LogP contribution in [0.15, 0.2) is 18.2 Å². The molecule has 1 N–H and O–H groups in total. The largest absolute Gasteiger partial charge is 0.496 e. The van der Waals surface area contributed by atoms with Gasteiger partial charge >= 0.3 is 0 Å². The SMILES string of the molecule is COc1cccc(C)c1C(=O)NCCN(C)C. The Morgan fingerprint density at radius 2 is 2.12 bits per heavy atom. The van der Waals surface area contributed by atoms with Gasteiger partial charge in [-0.25, -0.2) is 0 Å². The van der Waals surface area contributed by atoms with Gasteiger partial charge in [-0.1, -0.05) is 12.1 Å². The van der Waals surface area contributed by atoms with Crippen molar-refractivity contribution in [2.24, 2.45) is 0 Å². The van der Waals surface area contributed by atoms with Crippen molar-refractivity contribution in [3.05, 3.63) is 29.3 Å². The monoisotopic (exact) mass is 236 g/mol. The minimum atomic E-state index is -0.0817. The zero-order valence-electron chi connectivity index (χ0n) is 10.9. The minimum absolute atomic E-state index is 0.0817. The fourth-order valence-corrected chi connectivity index (χ4v) is 1.58. The third kappa shape index (κ3) is 3.75. The summed E-state index contributed by atoms with van der Waals surface area (Å²) < 4.78 is 5.20. The molecule has 0 saturated heterocycles. The van der Waals surface area contributed by atoms with Crippen LogP contribution in [0.3, 0.4) is 0 Å². The van der Waals surface area contributed by atoms with Gasteiger partial charge in [0.05, 0.1) is 12.7 Å². The van der Waals surface area contributed by atoms with Crippen molar-refractivity contribution in [3.8, 4) is 5.75 Å². The molecule has 0 aromatic heterocycles. The van der Waals surface area contributed by atoms with Crippen LogP contribution in [0.1, 0.15) is 15.9 Å². The Balaban J connectivity index is 2.74. The van der Waals surface area contributed by atoms with E-state index < -0.39 is 0 Å². The maximum atomic E-state index is 12.0. The Hall–Kier alpha value is -1.55. The highest BCUT2D eigenvalue weighted by Crippen LogP contribution is 2.21. The zero-order valence-corrected chi connectivity index (χ0v) is 10.9. The molecule has 0 aliphatic heterocycles. The van der Waals surface area contributed by atoms with Crippen LogP contribution >= 0.6 is 0 Å². The summed E-state index contributed by atoms with van der Waals surface area (Å²) in [6.07, 6.45) is 0. The fraction of sp³-hybridized carbons (Fsp3) is 0.462. The van der Waals surface area contributed by atoms with Crippen molar-refractivity contribution < 1.29 is 9.53 Å². The van der Waals surface area contributed by atoms with E-state index in [0.717, 1.165) is 12.1 Å². The molecule has 0 unspecified atom stereocenters. The van der Waals surface area contributed by atoms with Gasteiger partial charge in [0.1, 0.15) is 5.75 Å². The van der Waals surface area contributed by atoms with Gasteiger partial charge in [-0.3, -0.25) is 4.79 Å². The lowest BCUT2D eigenvalue weighted by molar-refractivity contribution is 0.0947. The first kappa shape index (κ1) is 13.5. The highest BCUT2D eigenvalue weighted by atomic mass is 16.5. The van der Waals surface area contributed by atoms with E-state index in [4.69, 9.17) is 4.74 Å². The first-order valence-corrected chi connectivity index (χ1v) is 5.62. The Labute approximate surface area is 103 Å². The fourth-order valence-electron chi connectivity index (χ4n) is 1.58. The summed E-state index contributed by atoms with van der Waals surface area (Å²) in [5, 5.41) is 2.89. The lowest BCUT2D eigenvalue weighted by atomic mass is 10.1. The number of nitrogens with one attached hydrogen (secondary N) is 1. The molecule has 4 nitrogen and oxygen atoms in total. The van der Waals surface area contributed by atoms with Crippen LogP contribution in [0.4, 0.5) is 0 Å². The normalized spacial score (nSPS) is 10.4. The Kier molecular flexibility index (Phi) is 4.97. The van der Waals surface area contributed by atoms with E-state index in [9.17, 15) is 4.79 Å². The van der Waals surface area contributed by atoms with E-state index in [0.29, 0.717) is 17.9 Å². The number of hydrogen-bond acceptors (Lipinski definition) is 3. The number of carbonyl (C=O) groups is 1. The minimum Gasteiger partial charge on any atom is -0.496 e. The molecule has 0 radical (unpaired) electrons. The standard InChI is InChI=1S/C13H20N2O2/c1-10-6-5-7-11(17-4)12(10)13(16)14-8-9-15(2)3/h5-7H,8-9H2,1-4H3,(H,14,16). The number of ether oxygens (including phenoxy) is 1. The number of benzene rings is 1. The van der Waals surface area contributed by atoms with Crippen molar-refractivity contribution in [2.75, 3.05) is 34.3 Å². The number of amides is 1. The molecule has 94 valence electrons. The molecule has 0 aliphatic rings. The smallest absolute Gasteiger partial charge is 0.255 e. The number of aryl methyl sites for hydroxylation is 1. The molecule has 0 heterocycles. The van der Waals surface area contributed by atoms with E-state index in [1.165, 1.54) is 0 Å². The highest BCUT2D eigenvalue weighted by Gasteiger charge is 2.14. The van der Waals surface area contributed by atoms with Crippen LogP contribution < -0.4 is 10.1 Å². The molecule has 0 saturated carbocycles. The van der Waals surface area contributed by atoms with Gasteiger partial charge in [0.2, 0.25) is 0 Å². The summed E-state index contributed by atoms with van der Waals surface area (Å²) in [6, 6.07) is 5.59. The van der Waals surface area contributed by atoms with Crippen molar-refractivity contribution in [2.45, 2.75) is 6.92 Å². The van der Waals surface area contributed by atoms with Crippen LogP contribution in [-0.4, -0.2) is 45.1 Å². The van der Waals surface area contributed by atoms with Gasteiger partial charge in [0.15, 0.2) is 0 Å². The predicted molar refractivity (Wildman–Crippen MR) is 68.6 cm³/mol. The maximum Gasteiger partial charge on any atom is 0.255 e. The summed E-state index contributed by atoms with van der Waals surface area (Å²) >= 11 is 0. The first-order valence-electron chi connectivity index (χ1n) is 5.62. The molecule has 0 spiro atoms. The van der Waals surface area contributed by atoms with Gasteiger partial charge in [-0.15, -0.1) is 0 Å². The Morgan fingerprint density at radius 3 is 2.71 bits per heavy atom. The summed E-state index contributed by atoms with van der Waals surface area (Å²) in [5.74, 6) is 0.536. The first-order chi connectivity index (χ1) is 8.06. The van der Waals surface area contributed by atoms with E-state index >= 15 is 0 Å². The van der Waals surface area contributed by atoms with E-state index in [1.807, 2.05) is 38.1 Å². The molecule has 17 heavy (non-hydrogen) atoms. The molecule has 0 aliphatic carbocycles. The molecule has 1 amide bonds. The second kappa shape index (κ2) is 6.25. The van der Waals surface area contributed by atoms with Crippen molar-refractivity contribution in [1.29, 1.82) is 0 Å². The molecule has 1 aromatic rings. The van der Waals surface area contributed by atoms with E-state index in [2.05, 4.69) is 5.32 Å². The third-order valence-electron chi connectivity index (χ3n) is 2.53. The highest BCUT2D eigenvalue weighted by molar-refractivity contribution is 5.98. The van der Waals surface area contributed by atoms with Crippen LogP contribution in [0.5, 0.6) is 5.75 Å². The van der Waals surface area contributed by atoms with Crippen molar-refractivity contribution in [3.63, 3.8) is 0 Å². The summed E-state index contributed by atoms with van der Waals surface area (Å²) in [5.41, 5.74) is 1.54. The number of rotatable bonds is 5.